The zero-order valence-electron chi connectivity index (χ0n) is 16.2. The summed E-state index contributed by atoms with van der Waals surface area (Å²) in [5.74, 6) is 1.30. The van der Waals surface area contributed by atoms with Gasteiger partial charge in [-0.2, -0.15) is 0 Å². The van der Waals surface area contributed by atoms with Gasteiger partial charge in [-0.25, -0.2) is 4.98 Å². The van der Waals surface area contributed by atoms with Gasteiger partial charge in [-0.15, -0.1) is 23.1 Å². The highest BCUT2D eigenvalue weighted by Crippen LogP contribution is 2.38. The Morgan fingerprint density at radius 3 is 2.82 bits per heavy atom. The first-order valence-electron chi connectivity index (χ1n) is 9.49. The molecule has 1 amide bonds. The average Bonchev–Trinajstić information content (AvgIpc) is 3.00. The third-order valence-corrected chi connectivity index (χ3v) is 7.33. The van der Waals surface area contributed by atoms with Crippen LogP contribution in [0.4, 0.5) is 5.69 Å². The first-order chi connectivity index (χ1) is 13.4. The minimum Gasteiger partial charge on any atom is -0.326 e. The summed E-state index contributed by atoms with van der Waals surface area (Å²) >= 11 is 3.32. The number of amides is 1. The Kier molecular flexibility index (Phi) is 5.29. The summed E-state index contributed by atoms with van der Waals surface area (Å²) in [6.45, 7) is 5.81. The summed E-state index contributed by atoms with van der Waals surface area (Å²) in [4.78, 5) is 35.0. The SMILES string of the molecule is CC(=O)Nc1ccc(S[C@@H](C)c2nc3sc4c(c3c(=O)[nH]2)CC[C@H](C)C4)cc1. The van der Waals surface area contributed by atoms with Crippen LogP contribution in [-0.4, -0.2) is 15.9 Å². The number of hydrogen-bond donors (Lipinski definition) is 2. The minimum absolute atomic E-state index is 0.0134. The molecule has 5 nitrogen and oxygen atoms in total. The smallest absolute Gasteiger partial charge is 0.259 e. The van der Waals surface area contributed by atoms with Gasteiger partial charge in [0.05, 0.1) is 10.6 Å². The zero-order valence-corrected chi connectivity index (χ0v) is 17.8. The Hall–Kier alpha value is -2.12. The van der Waals surface area contributed by atoms with Crippen LogP contribution in [0.5, 0.6) is 0 Å². The van der Waals surface area contributed by atoms with Crippen molar-refractivity contribution in [1.29, 1.82) is 0 Å². The van der Waals surface area contributed by atoms with Crippen molar-refractivity contribution >= 4 is 44.9 Å². The summed E-state index contributed by atoms with van der Waals surface area (Å²) in [5, 5.41) is 3.58. The molecule has 2 aromatic heterocycles. The van der Waals surface area contributed by atoms with Crippen LogP contribution in [0.25, 0.3) is 10.2 Å². The Balaban J connectivity index is 1.58. The number of carbonyl (C=O) groups is 1. The van der Waals surface area contributed by atoms with Crippen LogP contribution < -0.4 is 10.9 Å². The van der Waals surface area contributed by atoms with Crippen molar-refractivity contribution in [3.63, 3.8) is 0 Å². The maximum absolute atomic E-state index is 12.8. The number of H-pyrrole nitrogens is 1. The Morgan fingerprint density at radius 1 is 1.36 bits per heavy atom. The van der Waals surface area contributed by atoms with Crippen LogP contribution >= 0.6 is 23.1 Å². The Morgan fingerprint density at radius 2 is 2.11 bits per heavy atom. The lowest BCUT2D eigenvalue weighted by molar-refractivity contribution is -0.114. The van der Waals surface area contributed by atoms with Gasteiger partial charge in [-0.3, -0.25) is 9.59 Å². The van der Waals surface area contributed by atoms with Gasteiger partial charge in [0.2, 0.25) is 5.91 Å². The maximum Gasteiger partial charge on any atom is 0.259 e. The fourth-order valence-electron chi connectivity index (χ4n) is 3.64. The standard InChI is InChI=1S/C21H23N3O2S2/c1-11-4-9-16-17(10-11)28-21-18(16)20(26)23-19(24-21)12(2)27-15-7-5-14(6-8-15)22-13(3)25/h5-8,11-12H,4,9-10H2,1-3H3,(H,22,25)(H,23,24,26)/t11-,12-/m0/s1. The average molecular weight is 414 g/mol. The quantitative estimate of drug-likeness (QED) is 0.595. The number of fused-ring (bicyclic) bond motifs is 3. The highest BCUT2D eigenvalue weighted by Gasteiger charge is 2.23. The van der Waals surface area contributed by atoms with Gasteiger partial charge < -0.3 is 10.3 Å². The van der Waals surface area contributed by atoms with Crippen molar-refractivity contribution in [2.75, 3.05) is 5.32 Å². The summed E-state index contributed by atoms with van der Waals surface area (Å²) < 4.78 is 0. The van der Waals surface area contributed by atoms with Crippen molar-refractivity contribution in [3.8, 4) is 0 Å². The van der Waals surface area contributed by atoms with Crippen LogP contribution in [0.15, 0.2) is 34.0 Å². The van der Waals surface area contributed by atoms with Crippen molar-refractivity contribution in [1.82, 2.24) is 9.97 Å². The molecule has 4 rings (SSSR count). The van der Waals surface area contributed by atoms with Gasteiger partial charge in [-0.05, 0) is 61.9 Å². The molecule has 3 aromatic rings. The molecule has 1 aliphatic rings. The number of carbonyl (C=O) groups excluding carboxylic acids is 1. The van der Waals surface area contributed by atoms with E-state index >= 15 is 0 Å². The second-order valence-electron chi connectivity index (χ2n) is 7.45. The second-order valence-corrected chi connectivity index (χ2v) is 9.95. The maximum atomic E-state index is 12.8. The molecular formula is C21H23N3O2S2. The molecule has 0 bridgehead atoms. The summed E-state index contributed by atoms with van der Waals surface area (Å²) in [5.41, 5.74) is 1.98. The molecule has 146 valence electrons. The van der Waals surface area contributed by atoms with Gasteiger partial charge in [0.15, 0.2) is 0 Å². The highest BCUT2D eigenvalue weighted by molar-refractivity contribution is 7.99. The second kappa shape index (κ2) is 7.72. The first-order valence-corrected chi connectivity index (χ1v) is 11.2. The number of thiophene rings is 1. The van der Waals surface area contributed by atoms with E-state index in [1.54, 1.807) is 23.1 Å². The number of aromatic nitrogens is 2. The zero-order chi connectivity index (χ0) is 19.8. The molecule has 0 unspecified atom stereocenters. The number of hydrogen-bond acceptors (Lipinski definition) is 5. The largest absolute Gasteiger partial charge is 0.326 e. The van der Waals surface area contributed by atoms with Crippen molar-refractivity contribution < 1.29 is 4.79 Å². The molecule has 1 aromatic carbocycles. The summed E-state index contributed by atoms with van der Waals surface area (Å²) in [7, 11) is 0. The molecule has 0 saturated heterocycles. The topological polar surface area (TPSA) is 74.8 Å². The van der Waals surface area contributed by atoms with E-state index in [0.717, 1.165) is 40.1 Å². The van der Waals surface area contributed by atoms with Crippen molar-refractivity contribution in [3.05, 3.63) is 50.9 Å². The van der Waals surface area contributed by atoms with Gasteiger partial charge in [0, 0.05) is 22.4 Å². The number of thioether (sulfide) groups is 1. The molecule has 2 atom stereocenters. The molecule has 2 heterocycles. The van der Waals surface area contributed by atoms with E-state index in [1.807, 2.05) is 31.2 Å². The lowest BCUT2D eigenvalue weighted by Gasteiger charge is -2.17. The van der Waals surface area contributed by atoms with E-state index < -0.39 is 0 Å². The number of benzene rings is 1. The number of rotatable bonds is 4. The van der Waals surface area contributed by atoms with E-state index in [-0.39, 0.29) is 16.7 Å². The molecule has 7 heteroatoms. The predicted molar refractivity (Wildman–Crippen MR) is 116 cm³/mol. The van der Waals surface area contributed by atoms with E-state index in [9.17, 15) is 9.59 Å². The van der Waals surface area contributed by atoms with Crippen molar-refractivity contribution in [2.24, 2.45) is 5.92 Å². The van der Waals surface area contributed by atoms with Crippen LogP contribution in [-0.2, 0) is 17.6 Å². The fraction of sp³-hybridized carbons (Fsp3) is 0.381. The third-order valence-electron chi connectivity index (χ3n) is 5.06. The fourth-order valence-corrected chi connectivity index (χ4v) is 5.95. The number of anilines is 1. The summed E-state index contributed by atoms with van der Waals surface area (Å²) in [6.07, 6.45) is 3.17. The minimum atomic E-state index is -0.0862. The number of aromatic amines is 1. The number of nitrogens with zero attached hydrogens (tertiary/aromatic N) is 1. The predicted octanol–water partition coefficient (Wildman–Crippen LogP) is 4.92. The number of aryl methyl sites for hydroxylation is 1. The van der Waals surface area contributed by atoms with E-state index in [2.05, 4.69) is 17.2 Å². The van der Waals surface area contributed by atoms with Crippen LogP contribution in [0.3, 0.4) is 0 Å². The van der Waals surface area contributed by atoms with E-state index in [4.69, 9.17) is 4.98 Å². The van der Waals surface area contributed by atoms with Crippen LogP contribution in [0.1, 0.15) is 48.7 Å². The summed E-state index contributed by atoms with van der Waals surface area (Å²) in [6, 6.07) is 7.69. The molecule has 0 radical (unpaired) electrons. The van der Waals surface area contributed by atoms with Gasteiger partial charge in [-0.1, -0.05) is 6.92 Å². The normalized spacial score (nSPS) is 17.3. The molecule has 0 saturated carbocycles. The molecule has 2 N–H and O–H groups in total. The van der Waals surface area contributed by atoms with Crippen LogP contribution in [0.2, 0.25) is 0 Å². The van der Waals surface area contributed by atoms with Crippen LogP contribution in [0, 0.1) is 5.92 Å². The van der Waals surface area contributed by atoms with Gasteiger partial charge in [0.25, 0.3) is 5.56 Å². The Bertz CT molecular complexity index is 1090. The van der Waals surface area contributed by atoms with Gasteiger partial charge >= 0.3 is 0 Å². The molecule has 0 aliphatic heterocycles. The lowest BCUT2D eigenvalue weighted by atomic mass is 9.89. The lowest BCUT2D eigenvalue weighted by Crippen LogP contribution is -2.15. The van der Waals surface area contributed by atoms with E-state index in [1.165, 1.54) is 17.4 Å². The van der Waals surface area contributed by atoms with E-state index in [0.29, 0.717) is 11.7 Å². The third kappa shape index (κ3) is 3.86. The molecule has 0 spiro atoms. The monoisotopic (exact) mass is 413 g/mol. The number of nitrogens with one attached hydrogen (secondary N) is 2. The molecule has 0 fully saturated rings. The molecule has 1 aliphatic carbocycles. The van der Waals surface area contributed by atoms with Gasteiger partial charge in [0.1, 0.15) is 10.7 Å². The molecular weight excluding hydrogens is 390 g/mol. The first kappa shape index (κ1) is 19.2. The van der Waals surface area contributed by atoms with Crippen molar-refractivity contribution in [2.45, 2.75) is 50.2 Å². The Labute approximate surface area is 172 Å². The molecule has 28 heavy (non-hydrogen) atoms. The highest BCUT2D eigenvalue weighted by atomic mass is 32.2.